The van der Waals surface area contributed by atoms with Crippen LogP contribution < -0.4 is 0 Å². The monoisotopic (exact) mass is 1120 g/mol. The van der Waals surface area contributed by atoms with Crippen molar-refractivity contribution < 1.29 is 28.6 Å². The summed E-state index contributed by atoms with van der Waals surface area (Å²) in [7, 11) is 0. The smallest absolute Gasteiger partial charge is 0.306 e. The Bertz CT molecular complexity index is 1620. The van der Waals surface area contributed by atoms with Crippen LogP contribution in [0.4, 0.5) is 0 Å². The summed E-state index contributed by atoms with van der Waals surface area (Å²) < 4.78 is 16.9. The fourth-order valence-corrected chi connectivity index (χ4v) is 9.70. The highest BCUT2D eigenvalue weighted by atomic mass is 16.6. The largest absolute Gasteiger partial charge is 0.462 e. The van der Waals surface area contributed by atoms with Crippen molar-refractivity contribution in [3.63, 3.8) is 0 Å². The molecule has 0 aliphatic rings. The van der Waals surface area contributed by atoms with Crippen molar-refractivity contribution in [1.29, 1.82) is 0 Å². The van der Waals surface area contributed by atoms with E-state index in [-0.39, 0.29) is 37.5 Å². The van der Waals surface area contributed by atoms with Crippen molar-refractivity contribution in [2.75, 3.05) is 13.2 Å². The second kappa shape index (κ2) is 68.6. The van der Waals surface area contributed by atoms with Crippen LogP contribution in [0.1, 0.15) is 329 Å². The standard InChI is InChI=1S/C75H128O6/c1-4-7-10-13-16-19-22-25-28-31-33-34-35-36-37-38-39-40-42-44-47-50-53-56-59-62-65-68-74(77)80-71-72(70-79-73(76)67-64-61-58-55-52-49-46-43-30-27-24-21-18-15-12-9-6-3)81-75(78)69-66-63-60-57-54-51-48-45-41-32-29-26-23-20-17-14-11-8-5-2/h8-9,11-12,17-18,20-21,26-27,29-30,41,45-46,49,51,54,72H,4-7,10,13-16,19,22-25,28,31-40,42-44,47-48,50,52-53,55-71H2,1-3H3/b11-8-,12-9-,20-17-,21-18-,29-26-,30-27-,45-41-,49-46-,54-51-. The molecule has 0 heterocycles. The molecule has 464 valence electrons. The number of allylic oxidation sites excluding steroid dienone is 18. The molecule has 0 aromatic carbocycles. The summed E-state index contributed by atoms with van der Waals surface area (Å²) in [5.41, 5.74) is 0. The van der Waals surface area contributed by atoms with E-state index in [0.29, 0.717) is 12.8 Å². The quantitative estimate of drug-likeness (QED) is 0.0261. The van der Waals surface area contributed by atoms with Crippen molar-refractivity contribution in [3.8, 4) is 0 Å². The summed E-state index contributed by atoms with van der Waals surface area (Å²) in [4.78, 5) is 38.4. The molecule has 0 fully saturated rings. The predicted octanol–water partition coefficient (Wildman–Crippen LogP) is 23.8. The third-order valence-electron chi connectivity index (χ3n) is 14.8. The average molecular weight is 1130 g/mol. The van der Waals surface area contributed by atoms with Crippen LogP contribution in [0.25, 0.3) is 0 Å². The summed E-state index contributed by atoms with van der Waals surface area (Å²) in [6, 6.07) is 0. The number of esters is 3. The minimum absolute atomic E-state index is 0.0985. The molecule has 6 heteroatoms. The van der Waals surface area contributed by atoms with E-state index < -0.39 is 6.10 Å². The summed E-state index contributed by atoms with van der Waals surface area (Å²) in [5, 5.41) is 0. The van der Waals surface area contributed by atoms with Crippen molar-refractivity contribution >= 4 is 17.9 Å². The van der Waals surface area contributed by atoms with E-state index in [2.05, 4.69) is 130 Å². The molecule has 0 amide bonds. The molecule has 81 heavy (non-hydrogen) atoms. The maximum absolute atomic E-state index is 12.9. The highest BCUT2D eigenvalue weighted by molar-refractivity contribution is 5.71. The number of unbranched alkanes of at least 4 members (excludes halogenated alkanes) is 33. The van der Waals surface area contributed by atoms with Crippen LogP contribution >= 0.6 is 0 Å². The van der Waals surface area contributed by atoms with E-state index in [4.69, 9.17) is 14.2 Å². The molecule has 1 atom stereocenters. The highest BCUT2D eigenvalue weighted by Crippen LogP contribution is 2.17. The van der Waals surface area contributed by atoms with E-state index in [9.17, 15) is 14.4 Å². The van der Waals surface area contributed by atoms with Crippen molar-refractivity contribution in [2.24, 2.45) is 0 Å². The summed E-state index contributed by atoms with van der Waals surface area (Å²) in [5.74, 6) is -0.944. The Morgan fingerprint density at radius 2 is 0.481 bits per heavy atom. The third-order valence-corrected chi connectivity index (χ3v) is 14.8. The molecule has 0 saturated heterocycles. The second-order valence-corrected chi connectivity index (χ2v) is 22.7. The number of hydrogen-bond donors (Lipinski definition) is 0. The maximum atomic E-state index is 12.9. The molecular weight excluding hydrogens is 997 g/mol. The summed E-state index contributed by atoms with van der Waals surface area (Å²) >= 11 is 0. The lowest BCUT2D eigenvalue weighted by atomic mass is 10.0. The number of carbonyl (C=O) groups excluding carboxylic acids is 3. The Labute approximate surface area is 501 Å². The van der Waals surface area contributed by atoms with Crippen LogP contribution in [-0.4, -0.2) is 37.2 Å². The molecule has 0 aromatic heterocycles. The SMILES string of the molecule is CC/C=C\C/C=C\C/C=C\C/C=C\C/C=C\CCCCCC(=O)OC(COC(=O)CCCCCC/C=C\C/C=C\C/C=C\C/C=C\CC)COC(=O)CCCCCCCCCCCCCCCCCCCCCCCCCCCCC. The molecule has 6 nitrogen and oxygen atoms in total. The van der Waals surface area contributed by atoms with Crippen LogP contribution in [0.2, 0.25) is 0 Å². The van der Waals surface area contributed by atoms with Crippen LogP contribution in [0, 0.1) is 0 Å². The fourth-order valence-electron chi connectivity index (χ4n) is 9.70. The molecule has 0 aliphatic heterocycles. The van der Waals surface area contributed by atoms with Crippen LogP contribution in [-0.2, 0) is 28.6 Å². The van der Waals surface area contributed by atoms with Crippen LogP contribution in [0.15, 0.2) is 109 Å². The maximum Gasteiger partial charge on any atom is 0.306 e. The van der Waals surface area contributed by atoms with E-state index in [1.54, 1.807) is 0 Å². The van der Waals surface area contributed by atoms with Gasteiger partial charge in [0.2, 0.25) is 0 Å². The molecule has 0 rings (SSSR count). The first-order chi connectivity index (χ1) is 40.0. The fraction of sp³-hybridized carbons (Fsp3) is 0.720. The van der Waals surface area contributed by atoms with Crippen LogP contribution in [0.3, 0.4) is 0 Å². The molecule has 0 saturated carbocycles. The Morgan fingerprint density at radius 3 is 0.765 bits per heavy atom. The van der Waals surface area contributed by atoms with E-state index in [1.807, 2.05) is 0 Å². The van der Waals surface area contributed by atoms with Gasteiger partial charge in [-0.25, -0.2) is 0 Å². The molecule has 1 unspecified atom stereocenters. The van der Waals surface area contributed by atoms with Gasteiger partial charge in [-0.05, 0) is 103 Å². The topological polar surface area (TPSA) is 78.9 Å². The van der Waals surface area contributed by atoms with Crippen molar-refractivity contribution in [3.05, 3.63) is 109 Å². The molecule has 0 aliphatic carbocycles. The van der Waals surface area contributed by atoms with Crippen molar-refractivity contribution in [2.45, 2.75) is 335 Å². The lowest BCUT2D eigenvalue weighted by Gasteiger charge is -2.18. The zero-order valence-electron chi connectivity index (χ0n) is 53.3. The number of carbonyl (C=O) groups is 3. The zero-order chi connectivity index (χ0) is 58.5. The lowest BCUT2D eigenvalue weighted by Crippen LogP contribution is -2.30. The predicted molar refractivity (Wildman–Crippen MR) is 353 cm³/mol. The molecule has 0 bridgehead atoms. The zero-order valence-corrected chi connectivity index (χ0v) is 53.3. The summed E-state index contributed by atoms with van der Waals surface area (Å²) in [6.45, 7) is 6.40. The van der Waals surface area contributed by atoms with Crippen LogP contribution in [0.5, 0.6) is 0 Å². The van der Waals surface area contributed by atoms with Gasteiger partial charge in [-0.1, -0.05) is 316 Å². The van der Waals surface area contributed by atoms with Crippen molar-refractivity contribution in [1.82, 2.24) is 0 Å². The van der Waals surface area contributed by atoms with E-state index in [1.165, 1.54) is 154 Å². The Hall–Kier alpha value is -3.93. The van der Waals surface area contributed by atoms with E-state index >= 15 is 0 Å². The lowest BCUT2D eigenvalue weighted by molar-refractivity contribution is -0.167. The third kappa shape index (κ3) is 66.8. The highest BCUT2D eigenvalue weighted by Gasteiger charge is 2.19. The Morgan fingerprint density at radius 1 is 0.259 bits per heavy atom. The number of rotatable bonds is 62. The molecular formula is C75H128O6. The summed E-state index contributed by atoms with van der Waals surface area (Å²) in [6.07, 6.45) is 94.0. The van der Waals surface area contributed by atoms with Gasteiger partial charge >= 0.3 is 17.9 Å². The minimum Gasteiger partial charge on any atom is -0.462 e. The van der Waals surface area contributed by atoms with Gasteiger partial charge in [0.05, 0.1) is 0 Å². The first-order valence-corrected chi connectivity index (χ1v) is 34.4. The Kier molecular flexibility index (Phi) is 65.2. The molecule has 0 radical (unpaired) electrons. The average Bonchev–Trinajstić information content (AvgIpc) is 3.47. The van der Waals surface area contributed by atoms with E-state index in [0.717, 1.165) is 135 Å². The first kappa shape index (κ1) is 77.1. The number of ether oxygens (including phenoxy) is 3. The number of hydrogen-bond acceptors (Lipinski definition) is 6. The van der Waals surface area contributed by atoms with Gasteiger partial charge < -0.3 is 14.2 Å². The first-order valence-electron chi connectivity index (χ1n) is 34.4. The van der Waals surface area contributed by atoms with Gasteiger partial charge in [0.25, 0.3) is 0 Å². The van der Waals surface area contributed by atoms with Gasteiger partial charge in [-0.2, -0.15) is 0 Å². The molecule has 0 spiro atoms. The molecule has 0 aromatic rings. The Balaban J connectivity index is 4.36. The normalized spacial score (nSPS) is 12.8. The second-order valence-electron chi connectivity index (χ2n) is 22.7. The van der Waals surface area contributed by atoms with Gasteiger partial charge in [0, 0.05) is 19.3 Å². The minimum atomic E-state index is -0.809. The van der Waals surface area contributed by atoms with Gasteiger partial charge in [0.1, 0.15) is 13.2 Å². The van der Waals surface area contributed by atoms with Gasteiger partial charge in [0.15, 0.2) is 6.10 Å². The van der Waals surface area contributed by atoms with Gasteiger partial charge in [-0.3, -0.25) is 14.4 Å². The molecule has 0 N–H and O–H groups in total. The van der Waals surface area contributed by atoms with Gasteiger partial charge in [-0.15, -0.1) is 0 Å².